The van der Waals surface area contributed by atoms with E-state index in [1.165, 1.54) is 44.1 Å². The van der Waals surface area contributed by atoms with Gasteiger partial charge in [0.2, 0.25) is 5.78 Å². The summed E-state index contributed by atoms with van der Waals surface area (Å²) in [6.07, 6.45) is 4.67. The quantitative estimate of drug-likeness (QED) is 0.228. The fraction of sp³-hybridized carbons (Fsp3) is 0.406. The number of pyridine rings is 1. The lowest BCUT2D eigenvalue weighted by atomic mass is 9.54. The summed E-state index contributed by atoms with van der Waals surface area (Å²) in [5, 5.41) is 63.5. The molecule has 240 valence electrons. The number of nitrogens with zero attached hydrogens (tertiary/aromatic N) is 2. The molecule has 3 aliphatic carbocycles. The molecule has 3 aliphatic rings. The number of rotatable bonds is 6. The van der Waals surface area contributed by atoms with Crippen molar-refractivity contribution in [1.82, 2.24) is 9.88 Å². The lowest BCUT2D eigenvalue weighted by molar-refractivity contribution is -0.159. The van der Waals surface area contributed by atoms with Crippen LogP contribution in [0.1, 0.15) is 60.3 Å². The second kappa shape index (κ2) is 12.1. The SMILES string of the molecule is CCCCc1ccc(C(=O)O)nc1.CN(C)[C@@H]1C(=O)C(C(N)=O)=C(O)[C@@]2(O)C(=O)C3=C(O)c4c(O)cccc4[C@@](C)(O)[C@H]3C[C@@H]12. The number of aromatic hydroxyl groups is 1. The average Bonchev–Trinajstić information content (AvgIpc) is 2.96. The molecule has 8 N–H and O–H groups in total. The van der Waals surface area contributed by atoms with E-state index in [1.807, 2.05) is 6.07 Å². The number of aromatic nitrogens is 1. The lowest BCUT2D eigenvalue weighted by Gasteiger charge is -2.53. The van der Waals surface area contributed by atoms with Gasteiger partial charge in [-0.25, -0.2) is 9.78 Å². The third-order valence-corrected chi connectivity index (χ3v) is 8.88. The van der Waals surface area contributed by atoms with Crippen LogP contribution in [0.4, 0.5) is 0 Å². The number of carbonyl (C=O) groups excluding carboxylic acids is 3. The third kappa shape index (κ3) is 5.36. The molecule has 0 radical (unpaired) electrons. The van der Waals surface area contributed by atoms with E-state index in [2.05, 4.69) is 11.9 Å². The van der Waals surface area contributed by atoms with Gasteiger partial charge in [-0.1, -0.05) is 31.5 Å². The molecule has 0 spiro atoms. The number of fused-ring (bicyclic) bond motifs is 3. The van der Waals surface area contributed by atoms with Crippen LogP contribution in [0.15, 0.2) is 53.4 Å². The number of hydrogen-bond donors (Lipinski definition) is 7. The fourth-order valence-corrected chi connectivity index (χ4v) is 6.58. The minimum Gasteiger partial charge on any atom is -0.508 e. The Bertz CT molecular complexity index is 1630. The highest BCUT2D eigenvalue weighted by Crippen LogP contribution is 2.57. The molecule has 45 heavy (non-hydrogen) atoms. The highest BCUT2D eigenvalue weighted by Gasteiger charge is 2.66. The number of likely N-dealkylation sites (N-methyl/N-ethyl adjacent to an activating group) is 1. The van der Waals surface area contributed by atoms with Crippen LogP contribution in [0.2, 0.25) is 0 Å². The predicted molar refractivity (Wildman–Crippen MR) is 160 cm³/mol. The first kappa shape index (κ1) is 33.3. The highest BCUT2D eigenvalue weighted by atomic mass is 16.4. The van der Waals surface area contributed by atoms with Gasteiger partial charge >= 0.3 is 5.97 Å². The Balaban J connectivity index is 0.000000297. The summed E-state index contributed by atoms with van der Waals surface area (Å²) in [6.45, 7) is 3.53. The number of aromatic carboxylic acids is 1. The average molecular weight is 624 g/mol. The largest absolute Gasteiger partial charge is 0.508 e. The molecule has 2 aromatic rings. The van der Waals surface area contributed by atoms with Crippen LogP contribution in [0, 0.1) is 11.8 Å². The molecule has 1 aromatic heterocycles. The number of nitrogens with two attached hydrogens (primary N) is 1. The summed E-state index contributed by atoms with van der Waals surface area (Å²) in [5.41, 5.74) is 0.667. The lowest BCUT2D eigenvalue weighted by Crippen LogP contribution is -2.67. The van der Waals surface area contributed by atoms with Crippen molar-refractivity contribution in [1.29, 1.82) is 0 Å². The number of aliphatic hydroxyl groups is 4. The van der Waals surface area contributed by atoms with Crippen molar-refractivity contribution >= 4 is 29.2 Å². The monoisotopic (exact) mass is 623 g/mol. The number of benzene rings is 1. The first-order valence-corrected chi connectivity index (χ1v) is 14.4. The number of unbranched alkanes of at least 4 members (excludes halogenated alkanes) is 1. The van der Waals surface area contributed by atoms with Gasteiger partial charge in [0.05, 0.1) is 17.2 Å². The van der Waals surface area contributed by atoms with Crippen molar-refractivity contribution in [3.8, 4) is 5.75 Å². The van der Waals surface area contributed by atoms with Gasteiger partial charge in [0, 0.05) is 23.6 Å². The van der Waals surface area contributed by atoms with Gasteiger partial charge in [0.15, 0.2) is 11.4 Å². The summed E-state index contributed by atoms with van der Waals surface area (Å²) in [4.78, 5) is 54.3. The van der Waals surface area contributed by atoms with Gasteiger partial charge in [0.25, 0.3) is 5.91 Å². The molecule has 1 fully saturated rings. The van der Waals surface area contributed by atoms with E-state index in [4.69, 9.17) is 10.8 Å². The standard InChI is InChI=1S/C22H24N2O8.C10H13NO2/c1-21(31)8-5-4-6-11(25)12(8)16(26)13-9(21)7-10-15(24(2)3)17(27)14(20(23)30)19(29)22(10,32)18(13)28;1-2-3-4-8-5-6-9(10(12)13)11-7-8/h4-6,9-10,15,25-26,29,31-32H,7H2,1-3H3,(H2,23,30);5-7H,2-4H2,1H3,(H,12,13)/t9-,10-,15-,21+,22-;/m0./s1. The van der Waals surface area contributed by atoms with Gasteiger partial charge < -0.3 is 36.4 Å². The molecule has 0 bridgehead atoms. The Morgan fingerprint density at radius 3 is 2.29 bits per heavy atom. The molecule has 5 rings (SSSR count). The Hall–Kier alpha value is -4.59. The summed E-state index contributed by atoms with van der Waals surface area (Å²) >= 11 is 0. The minimum atomic E-state index is -2.75. The van der Waals surface area contributed by atoms with Crippen LogP contribution in [-0.4, -0.2) is 89.7 Å². The molecule has 13 nitrogen and oxygen atoms in total. The molecule has 0 saturated heterocycles. The third-order valence-electron chi connectivity index (χ3n) is 8.88. The topological polar surface area (TPSA) is 232 Å². The van der Waals surface area contributed by atoms with Crippen molar-refractivity contribution in [3.05, 3.63) is 75.8 Å². The Labute approximate surface area is 258 Å². The zero-order valence-electron chi connectivity index (χ0n) is 25.3. The van der Waals surface area contributed by atoms with E-state index in [1.54, 1.807) is 12.3 Å². The minimum absolute atomic E-state index is 0.111. The zero-order valence-corrected chi connectivity index (χ0v) is 25.3. The normalized spacial score (nSPS) is 27.3. The zero-order chi connectivity index (χ0) is 33.6. The van der Waals surface area contributed by atoms with Crippen LogP contribution in [-0.2, 0) is 26.4 Å². The van der Waals surface area contributed by atoms with E-state index >= 15 is 0 Å². The van der Waals surface area contributed by atoms with Crippen LogP contribution >= 0.6 is 0 Å². The van der Waals surface area contributed by atoms with E-state index in [0.717, 1.165) is 24.8 Å². The van der Waals surface area contributed by atoms with Crippen molar-refractivity contribution in [3.63, 3.8) is 0 Å². The number of hydrogen-bond acceptors (Lipinski definition) is 11. The number of phenols is 1. The number of Topliss-reactive ketones (excluding diaryl/α,β-unsaturated/α-hetero) is 2. The predicted octanol–water partition coefficient (Wildman–Crippen LogP) is 1.75. The molecule has 1 heterocycles. The Morgan fingerprint density at radius 1 is 1.09 bits per heavy atom. The maximum Gasteiger partial charge on any atom is 0.354 e. The number of aliphatic hydroxyl groups excluding tert-OH is 2. The first-order valence-electron chi connectivity index (χ1n) is 14.4. The fourth-order valence-electron chi connectivity index (χ4n) is 6.58. The Kier molecular flexibility index (Phi) is 8.93. The molecule has 1 amide bonds. The van der Waals surface area contributed by atoms with Gasteiger partial charge in [-0.15, -0.1) is 0 Å². The summed E-state index contributed by atoms with van der Waals surface area (Å²) < 4.78 is 0. The van der Waals surface area contributed by atoms with Gasteiger partial charge in [0.1, 0.15) is 28.5 Å². The number of primary amides is 1. The van der Waals surface area contributed by atoms with Gasteiger partial charge in [-0.3, -0.25) is 19.3 Å². The maximum absolute atomic E-state index is 13.7. The summed E-state index contributed by atoms with van der Waals surface area (Å²) in [6, 6.07) is 6.39. The molecular weight excluding hydrogens is 586 g/mol. The number of amides is 1. The summed E-state index contributed by atoms with van der Waals surface area (Å²) in [7, 11) is 3.01. The first-order chi connectivity index (χ1) is 21.0. The number of ketones is 2. The Morgan fingerprint density at radius 2 is 1.76 bits per heavy atom. The second-order valence-corrected chi connectivity index (χ2v) is 11.9. The maximum atomic E-state index is 13.7. The molecule has 1 saturated carbocycles. The van der Waals surface area contributed by atoms with Gasteiger partial charge in [-0.05, 0) is 63.5 Å². The van der Waals surface area contributed by atoms with Crippen LogP contribution in [0.5, 0.6) is 5.75 Å². The molecule has 1 aromatic carbocycles. The van der Waals surface area contributed by atoms with E-state index in [9.17, 15) is 44.7 Å². The van der Waals surface area contributed by atoms with Crippen LogP contribution in [0.25, 0.3) is 5.76 Å². The molecule has 0 aliphatic heterocycles. The van der Waals surface area contributed by atoms with Crippen molar-refractivity contribution < 1.29 is 49.8 Å². The molecule has 13 heteroatoms. The van der Waals surface area contributed by atoms with E-state index in [0.29, 0.717) is 0 Å². The van der Waals surface area contributed by atoms with E-state index < -0.39 is 80.9 Å². The molecular formula is C32H37N3O10. The smallest absolute Gasteiger partial charge is 0.354 e. The van der Waals surface area contributed by atoms with Crippen molar-refractivity contribution in [2.24, 2.45) is 17.6 Å². The van der Waals surface area contributed by atoms with Crippen molar-refractivity contribution in [2.45, 2.75) is 56.8 Å². The van der Waals surface area contributed by atoms with E-state index in [-0.39, 0.29) is 23.2 Å². The number of carboxylic acids is 1. The van der Waals surface area contributed by atoms with Gasteiger partial charge in [-0.2, -0.15) is 0 Å². The number of carboxylic acid groups (broad SMARTS) is 1. The second-order valence-electron chi connectivity index (χ2n) is 11.9. The number of carbonyl (C=O) groups is 4. The molecule has 0 unspecified atom stereocenters. The number of phenolic OH excluding ortho intramolecular Hbond substituents is 1. The molecule has 5 atom stereocenters. The summed E-state index contributed by atoms with van der Waals surface area (Å²) in [5.74, 6) is -8.87. The van der Waals surface area contributed by atoms with Crippen LogP contribution < -0.4 is 5.73 Å². The van der Waals surface area contributed by atoms with Crippen LogP contribution in [0.3, 0.4) is 0 Å². The number of aryl methyl sites for hydroxylation is 1. The van der Waals surface area contributed by atoms with Crippen molar-refractivity contribution in [2.75, 3.05) is 14.1 Å². The highest BCUT2D eigenvalue weighted by molar-refractivity contribution is 6.24.